The Morgan fingerprint density at radius 3 is 2.82 bits per heavy atom. The summed E-state index contributed by atoms with van der Waals surface area (Å²) in [4.78, 5) is 4.18. The van der Waals surface area contributed by atoms with E-state index in [0.29, 0.717) is 10.6 Å². The topological polar surface area (TPSA) is 54.5 Å². The molecule has 0 atom stereocenters. The summed E-state index contributed by atoms with van der Waals surface area (Å²) in [6.45, 7) is 1.82. The molecule has 0 N–H and O–H groups in total. The molecule has 17 heavy (non-hydrogen) atoms. The fraction of sp³-hybridized carbons (Fsp3) is 0.182. The number of halogens is 1. The summed E-state index contributed by atoms with van der Waals surface area (Å²) in [6.07, 6.45) is 1.58. The summed E-state index contributed by atoms with van der Waals surface area (Å²) in [6, 6.07) is 5.74. The Hall–Kier alpha value is -1.51. The van der Waals surface area contributed by atoms with Crippen LogP contribution in [0, 0.1) is 18.3 Å². The van der Waals surface area contributed by atoms with Crippen LogP contribution in [0.2, 0.25) is 5.02 Å². The lowest BCUT2D eigenvalue weighted by Gasteiger charge is -2.01. The minimum Gasteiger partial charge on any atom is -0.260 e. The van der Waals surface area contributed by atoms with Crippen LogP contribution < -0.4 is 0 Å². The van der Waals surface area contributed by atoms with E-state index in [0.717, 1.165) is 15.7 Å². The van der Waals surface area contributed by atoms with Crippen LogP contribution in [-0.2, 0) is 7.05 Å². The molecular weight excluding hydrogens is 256 g/mol. The lowest BCUT2D eigenvalue weighted by molar-refractivity contribution is 0.691. The van der Waals surface area contributed by atoms with Crippen molar-refractivity contribution >= 4 is 23.4 Å². The Kier molecular flexibility index (Phi) is 3.36. The van der Waals surface area contributed by atoms with Gasteiger partial charge in [0.1, 0.15) is 21.7 Å². The molecule has 2 aromatic rings. The predicted molar refractivity (Wildman–Crippen MR) is 66.0 cm³/mol. The highest BCUT2D eigenvalue weighted by atomic mass is 35.5. The molecule has 2 aromatic heterocycles. The third-order valence-electron chi connectivity index (χ3n) is 2.18. The van der Waals surface area contributed by atoms with Crippen LogP contribution in [0.1, 0.15) is 11.3 Å². The van der Waals surface area contributed by atoms with Gasteiger partial charge < -0.3 is 0 Å². The third-order valence-corrected chi connectivity index (χ3v) is 3.52. The maximum absolute atomic E-state index is 9.08. The van der Waals surface area contributed by atoms with Gasteiger partial charge in [0.15, 0.2) is 0 Å². The summed E-state index contributed by atoms with van der Waals surface area (Å²) in [7, 11) is 1.81. The lowest BCUT2D eigenvalue weighted by atomic mass is 10.3. The molecular formula is C11H9ClN4S. The van der Waals surface area contributed by atoms with Gasteiger partial charge in [0, 0.05) is 13.2 Å². The van der Waals surface area contributed by atoms with Crippen LogP contribution in [0.15, 0.2) is 28.4 Å². The van der Waals surface area contributed by atoms with E-state index in [-0.39, 0.29) is 0 Å². The minimum absolute atomic E-state index is 0.592. The second-order valence-electron chi connectivity index (χ2n) is 3.42. The molecule has 0 fully saturated rings. The number of aryl methyl sites for hydroxylation is 2. The summed E-state index contributed by atoms with van der Waals surface area (Å²) >= 11 is 7.17. The molecule has 0 aliphatic rings. The Balaban J connectivity index is 2.36. The largest absolute Gasteiger partial charge is 0.260 e. The average molecular weight is 265 g/mol. The van der Waals surface area contributed by atoms with E-state index in [1.807, 2.05) is 20.0 Å². The van der Waals surface area contributed by atoms with Gasteiger partial charge in [0.2, 0.25) is 0 Å². The fourth-order valence-corrected chi connectivity index (χ4v) is 2.42. The molecule has 0 spiro atoms. The molecule has 2 heterocycles. The second-order valence-corrected chi connectivity index (χ2v) is 4.86. The number of nitrogens with zero attached hydrogens (tertiary/aromatic N) is 4. The van der Waals surface area contributed by atoms with Crippen molar-refractivity contribution in [2.45, 2.75) is 17.0 Å². The van der Waals surface area contributed by atoms with Crippen molar-refractivity contribution in [3.63, 3.8) is 0 Å². The van der Waals surface area contributed by atoms with Crippen molar-refractivity contribution < 1.29 is 0 Å². The molecule has 0 bridgehead atoms. The first-order valence-electron chi connectivity index (χ1n) is 4.85. The molecule has 0 aliphatic heterocycles. The van der Waals surface area contributed by atoms with E-state index in [1.54, 1.807) is 16.9 Å². The third kappa shape index (κ3) is 2.43. The Labute approximate surface area is 108 Å². The predicted octanol–water partition coefficient (Wildman–Crippen LogP) is 2.80. The van der Waals surface area contributed by atoms with Gasteiger partial charge in [0.05, 0.1) is 10.7 Å². The van der Waals surface area contributed by atoms with Crippen LogP contribution in [0.4, 0.5) is 0 Å². The maximum atomic E-state index is 9.08. The van der Waals surface area contributed by atoms with Crippen molar-refractivity contribution in [1.82, 2.24) is 14.8 Å². The zero-order valence-corrected chi connectivity index (χ0v) is 10.9. The molecule has 2 rings (SSSR count). The number of pyridine rings is 1. The number of hydrogen-bond donors (Lipinski definition) is 0. The van der Waals surface area contributed by atoms with E-state index < -0.39 is 0 Å². The molecule has 0 amide bonds. The number of rotatable bonds is 2. The first-order valence-corrected chi connectivity index (χ1v) is 6.04. The number of hydrogen-bond acceptors (Lipinski definition) is 4. The summed E-state index contributed by atoms with van der Waals surface area (Å²) in [5, 5.41) is 15.5. The van der Waals surface area contributed by atoms with Gasteiger partial charge in [0.25, 0.3) is 0 Å². The standard InChI is InChI=1S/C11H9ClN4S/c1-7-9(5-13)11(16(2)15-7)17-10-4-3-8(12)6-14-10/h3-4,6H,1-2H3. The highest BCUT2D eigenvalue weighted by molar-refractivity contribution is 7.99. The highest BCUT2D eigenvalue weighted by Crippen LogP contribution is 2.30. The molecule has 0 unspecified atom stereocenters. The van der Waals surface area contributed by atoms with Gasteiger partial charge in [-0.1, -0.05) is 11.6 Å². The van der Waals surface area contributed by atoms with Crippen LogP contribution in [0.3, 0.4) is 0 Å². The Morgan fingerprint density at radius 1 is 1.47 bits per heavy atom. The van der Waals surface area contributed by atoms with E-state index in [4.69, 9.17) is 16.9 Å². The average Bonchev–Trinajstić information content (AvgIpc) is 2.57. The van der Waals surface area contributed by atoms with Crippen LogP contribution in [-0.4, -0.2) is 14.8 Å². The molecule has 0 saturated heterocycles. The second kappa shape index (κ2) is 4.78. The van der Waals surface area contributed by atoms with Crippen LogP contribution >= 0.6 is 23.4 Å². The van der Waals surface area contributed by atoms with E-state index >= 15 is 0 Å². The highest BCUT2D eigenvalue weighted by Gasteiger charge is 2.14. The van der Waals surface area contributed by atoms with Gasteiger partial charge in [-0.05, 0) is 30.8 Å². The van der Waals surface area contributed by atoms with Crippen molar-refractivity contribution in [1.29, 1.82) is 5.26 Å². The molecule has 86 valence electrons. The Morgan fingerprint density at radius 2 is 2.24 bits per heavy atom. The van der Waals surface area contributed by atoms with Gasteiger partial charge in [-0.15, -0.1) is 0 Å². The van der Waals surface area contributed by atoms with Crippen molar-refractivity contribution in [3.05, 3.63) is 34.6 Å². The summed E-state index contributed by atoms with van der Waals surface area (Å²) in [5.41, 5.74) is 1.32. The van der Waals surface area contributed by atoms with E-state index in [9.17, 15) is 0 Å². The molecule has 0 aromatic carbocycles. The quantitative estimate of drug-likeness (QED) is 0.837. The number of nitriles is 1. The molecule has 0 aliphatic carbocycles. The molecule has 0 saturated carbocycles. The summed E-state index contributed by atoms with van der Waals surface area (Å²) < 4.78 is 1.69. The first-order chi connectivity index (χ1) is 8.11. The van der Waals surface area contributed by atoms with E-state index in [2.05, 4.69) is 16.2 Å². The van der Waals surface area contributed by atoms with Gasteiger partial charge in [-0.3, -0.25) is 4.68 Å². The SMILES string of the molecule is Cc1nn(C)c(Sc2ccc(Cl)cn2)c1C#N. The monoisotopic (exact) mass is 264 g/mol. The molecule has 6 heteroatoms. The minimum atomic E-state index is 0.592. The maximum Gasteiger partial charge on any atom is 0.118 e. The normalized spacial score (nSPS) is 10.2. The van der Waals surface area contributed by atoms with Crippen molar-refractivity contribution in [2.24, 2.45) is 7.05 Å². The van der Waals surface area contributed by atoms with E-state index in [1.165, 1.54) is 11.8 Å². The first kappa shape index (κ1) is 12.0. The molecule has 0 radical (unpaired) electrons. The van der Waals surface area contributed by atoms with Gasteiger partial charge >= 0.3 is 0 Å². The Bertz CT molecular complexity index is 583. The van der Waals surface area contributed by atoms with Gasteiger partial charge in [-0.25, -0.2) is 4.98 Å². The smallest absolute Gasteiger partial charge is 0.118 e. The van der Waals surface area contributed by atoms with Gasteiger partial charge in [-0.2, -0.15) is 10.4 Å². The zero-order valence-electron chi connectivity index (χ0n) is 9.31. The van der Waals surface area contributed by atoms with Crippen LogP contribution in [0.25, 0.3) is 0 Å². The zero-order chi connectivity index (χ0) is 12.4. The fourth-order valence-electron chi connectivity index (χ4n) is 1.40. The summed E-state index contributed by atoms with van der Waals surface area (Å²) in [5.74, 6) is 0. The number of aromatic nitrogens is 3. The van der Waals surface area contributed by atoms with Crippen LogP contribution in [0.5, 0.6) is 0 Å². The van der Waals surface area contributed by atoms with Crippen molar-refractivity contribution in [3.8, 4) is 6.07 Å². The van der Waals surface area contributed by atoms with Crippen molar-refractivity contribution in [2.75, 3.05) is 0 Å². The molecule has 4 nitrogen and oxygen atoms in total. The lowest BCUT2D eigenvalue weighted by Crippen LogP contribution is -1.93.